The SMILES string of the molecule is c1ccc(C2(c3ccccc3)c3cc(-c4cccc5oc6c7ccccc7ccc6c45)ccc3-c3c2cc2ccccc2c3-c2ccc3oc4ccccc4c3c2)cc1. The van der Waals surface area contributed by atoms with Gasteiger partial charge in [-0.1, -0.05) is 164 Å². The van der Waals surface area contributed by atoms with E-state index in [-0.39, 0.29) is 0 Å². The van der Waals surface area contributed by atoms with E-state index in [1.807, 2.05) is 6.07 Å². The quantitative estimate of drug-likeness (QED) is 0.179. The van der Waals surface area contributed by atoms with Crippen molar-refractivity contribution in [2.45, 2.75) is 5.41 Å². The van der Waals surface area contributed by atoms with Crippen LogP contribution in [-0.2, 0) is 5.41 Å². The molecule has 2 heteroatoms. The molecule has 0 N–H and O–H groups in total. The molecule has 2 aromatic heterocycles. The minimum absolute atomic E-state index is 0.614. The van der Waals surface area contributed by atoms with E-state index in [4.69, 9.17) is 8.83 Å². The number of para-hydroxylation sites is 1. The smallest absolute Gasteiger partial charge is 0.143 e. The summed E-state index contributed by atoms with van der Waals surface area (Å²) < 4.78 is 13.1. The highest BCUT2D eigenvalue weighted by Gasteiger charge is 2.47. The first kappa shape index (κ1) is 32.4. The van der Waals surface area contributed by atoms with Crippen molar-refractivity contribution in [1.29, 1.82) is 0 Å². The number of fused-ring (bicyclic) bond motifs is 12. The largest absolute Gasteiger partial charge is 0.456 e. The van der Waals surface area contributed by atoms with E-state index < -0.39 is 5.41 Å². The van der Waals surface area contributed by atoms with Crippen molar-refractivity contribution in [2.75, 3.05) is 0 Å². The van der Waals surface area contributed by atoms with Gasteiger partial charge in [-0.15, -0.1) is 0 Å². The summed E-state index contributed by atoms with van der Waals surface area (Å²) in [4.78, 5) is 0. The Kier molecular flexibility index (Phi) is 6.68. The Bertz CT molecular complexity index is 3620. The first-order chi connectivity index (χ1) is 29.3. The number of hydrogen-bond acceptors (Lipinski definition) is 2. The highest BCUT2D eigenvalue weighted by atomic mass is 16.3. The molecule has 0 radical (unpaired) electrons. The number of hydrogen-bond donors (Lipinski definition) is 0. The Balaban J connectivity index is 1.16. The predicted molar refractivity (Wildman–Crippen MR) is 244 cm³/mol. The molecule has 0 saturated heterocycles. The van der Waals surface area contributed by atoms with Crippen LogP contribution in [0.1, 0.15) is 22.3 Å². The van der Waals surface area contributed by atoms with E-state index in [0.29, 0.717) is 0 Å². The molecule has 2 heterocycles. The minimum atomic E-state index is -0.614. The zero-order valence-electron chi connectivity index (χ0n) is 31.9. The first-order valence-corrected chi connectivity index (χ1v) is 20.3. The number of furan rings is 2. The van der Waals surface area contributed by atoms with Gasteiger partial charge >= 0.3 is 0 Å². The van der Waals surface area contributed by atoms with E-state index in [1.165, 1.54) is 60.7 Å². The van der Waals surface area contributed by atoms with Crippen LogP contribution < -0.4 is 0 Å². The molecule has 59 heavy (non-hydrogen) atoms. The van der Waals surface area contributed by atoms with Gasteiger partial charge in [0.05, 0.1) is 5.41 Å². The monoisotopic (exact) mass is 750 g/mol. The maximum Gasteiger partial charge on any atom is 0.143 e. The van der Waals surface area contributed by atoms with Crippen LogP contribution in [-0.4, -0.2) is 0 Å². The van der Waals surface area contributed by atoms with Gasteiger partial charge in [-0.3, -0.25) is 0 Å². The Labute approximate surface area is 340 Å². The lowest BCUT2D eigenvalue weighted by atomic mass is 9.67. The van der Waals surface area contributed by atoms with E-state index in [0.717, 1.165) is 60.4 Å². The lowest BCUT2D eigenvalue weighted by Gasteiger charge is -2.34. The zero-order chi connectivity index (χ0) is 38.7. The highest BCUT2D eigenvalue weighted by Crippen LogP contribution is 2.60. The fourth-order valence-corrected chi connectivity index (χ4v) is 10.4. The van der Waals surface area contributed by atoms with Crippen LogP contribution >= 0.6 is 0 Å². The summed E-state index contributed by atoms with van der Waals surface area (Å²) in [6.45, 7) is 0. The molecule has 274 valence electrons. The van der Waals surface area contributed by atoms with Crippen molar-refractivity contribution in [3.63, 3.8) is 0 Å². The van der Waals surface area contributed by atoms with E-state index >= 15 is 0 Å². The van der Waals surface area contributed by atoms with Crippen LogP contribution in [0.15, 0.2) is 215 Å². The molecular weight excluding hydrogens is 717 g/mol. The van der Waals surface area contributed by atoms with Gasteiger partial charge in [-0.2, -0.15) is 0 Å². The normalized spacial score (nSPS) is 13.2. The van der Waals surface area contributed by atoms with Gasteiger partial charge in [0.1, 0.15) is 22.3 Å². The molecule has 0 aliphatic heterocycles. The Morgan fingerprint density at radius 1 is 0.322 bits per heavy atom. The van der Waals surface area contributed by atoms with Crippen molar-refractivity contribution < 1.29 is 8.83 Å². The minimum Gasteiger partial charge on any atom is -0.456 e. The predicted octanol–water partition coefficient (Wildman–Crippen LogP) is 15.5. The first-order valence-electron chi connectivity index (χ1n) is 20.3. The molecule has 0 fully saturated rings. The molecule has 0 atom stereocenters. The van der Waals surface area contributed by atoms with Crippen molar-refractivity contribution in [1.82, 2.24) is 0 Å². The van der Waals surface area contributed by atoms with Crippen molar-refractivity contribution >= 4 is 65.4 Å². The van der Waals surface area contributed by atoms with Gasteiger partial charge in [-0.25, -0.2) is 0 Å². The Hall–Kier alpha value is -7.68. The third-order valence-electron chi connectivity index (χ3n) is 12.9. The summed E-state index contributed by atoms with van der Waals surface area (Å²) >= 11 is 0. The topological polar surface area (TPSA) is 26.3 Å². The maximum absolute atomic E-state index is 6.70. The Morgan fingerprint density at radius 2 is 0.983 bits per heavy atom. The van der Waals surface area contributed by atoms with E-state index in [9.17, 15) is 0 Å². The fourth-order valence-electron chi connectivity index (χ4n) is 10.4. The average Bonchev–Trinajstić information content (AvgIpc) is 3.97. The molecule has 0 amide bonds. The summed E-state index contributed by atoms with van der Waals surface area (Å²) in [6, 6.07) is 75.3. The molecule has 13 rings (SSSR count). The van der Waals surface area contributed by atoms with Gasteiger partial charge in [0.2, 0.25) is 0 Å². The average molecular weight is 751 g/mol. The van der Waals surface area contributed by atoms with Crippen LogP contribution in [0.25, 0.3) is 98.8 Å². The highest BCUT2D eigenvalue weighted by molar-refractivity contribution is 6.19. The molecule has 1 aliphatic carbocycles. The fraction of sp³-hybridized carbons (Fsp3) is 0.0175. The van der Waals surface area contributed by atoms with Crippen LogP contribution in [0.4, 0.5) is 0 Å². The molecule has 0 unspecified atom stereocenters. The summed E-state index contributed by atoms with van der Waals surface area (Å²) in [6.07, 6.45) is 0. The van der Waals surface area contributed by atoms with Gasteiger partial charge in [-0.05, 0) is 114 Å². The van der Waals surface area contributed by atoms with Crippen LogP contribution in [0.2, 0.25) is 0 Å². The third-order valence-corrected chi connectivity index (χ3v) is 12.9. The lowest BCUT2D eigenvalue weighted by molar-refractivity contribution is 0.669. The standard InChI is InChI=1S/C57H34O2/c1-3-16-39(17-4-1)57(40-18-5-2-6-19-40)48-33-37(42-23-13-25-52-54(42)46-30-26-35-14-7-10-21-43(35)56(46)59-52)27-29-45(48)55-49(57)34-36-15-8-9-20-41(36)53(55)38-28-31-51-47(32-38)44-22-11-12-24-50(44)58-51/h1-34H. The summed E-state index contributed by atoms with van der Waals surface area (Å²) in [5, 5.41) is 9.27. The van der Waals surface area contributed by atoms with Gasteiger partial charge in [0.15, 0.2) is 0 Å². The van der Waals surface area contributed by atoms with Gasteiger partial charge in [0.25, 0.3) is 0 Å². The van der Waals surface area contributed by atoms with Crippen molar-refractivity contribution in [3.8, 4) is 33.4 Å². The summed E-state index contributed by atoms with van der Waals surface area (Å²) in [7, 11) is 0. The van der Waals surface area contributed by atoms with Crippen LogP contribution in [0.3, 0.4) is 0 Å². The second-order valence-corrected chi connectivity index (χ2v) is 15.9. The molecule has 1 aliphatic rings. The molecule has 0 saturated carbocycles. The van der Waals surface area contributed by atoms with Crippen molar-refractivity contribution in [3.05, 3.63) is 229 Å². The molecule has 12 aromatic rings. The Morgan fingerprint density at radius 3 is 1.80 bits per heavy atom. The molecule has 2 nitrogen and oxygen atoms in total. The summed E-state index contributed by atoms with van der Waals surface area (Å²) in [5.74, 6) is 0. The lowest BCUT2D eigenvalue weighted by Crippen LogP contribution is -2.28. The van der Waals surface area contributed by atoms with Gasteiger partial charge in [0, 0.05) is 26.9 Å². The second-order valence-electron chi connectivity index (χ2n) is 15.9. The third kappa shape index (κ3) is 4.46. The zero-order valence-corrected chi connectivity index (χ0v) is 31.9. The van der Waals surface area contributed by atoms with E-state index in [2.05, 4.69) is 200 Å². The van der Waals surface area contributed by atoms with Crippen molar-refractivity contribution in [2.24, 2.45) is 0 Å². The van der Waals surface area contributed by atoms with Crippen LogP contribution in [0.5, 0.6) is 0 Å². The summed E-state index contributed by atoms with van der Waals surface area (Å²) in [5.41, 5.74) is 15.3. The molecule has 0 spiro atoms. The molecular formula is C57H34O2. The van der Waals surface area contributed by atoms with E-state index in [1.54, 1.807) is 0 Å². The van der Waals surface area contributed by atoms with Gasteiger partial charge < -0.3 is 8.83 Å². The maximum atomic E-state index is 6.70. The number of benzene rings is 10. The van der Waals surface area contributed by atoms with Crippen LogP contribution in [0, 0.1) is 0 Å². The number of rotatable bonds is 4. The molecule has 10 aromatic carbocycles. The molecule has 0 bridgehead atoms. The second kappa shape index (κ2) is 12.2.